The molecule has 80 heavy (non-hydrogen) atoms. The zero-order valence-electron chi connectivity index (χ0n) is 51.4. The van der Waals surface area contributed by atoms with Crippen LogP contribution < -0.4 is 0 Å². The lowest BCUT2D eigenvalue weighted by Gasteiger charge is -2.21. The first-order valence-corrected chi connectivity index (χ1v) is 35.1. The monoisotopic (exact) mass is 1180 g/mol. The standard InChI is InChI=1S/C61H118O17P2/c1-7-11-13-15-16-17-18-22-25-32-38-44-59(64)72-50-57(77-60(65)45-39-33-26-23-20-19-21-24-30-35-41-53(5)9-3)52-76-80(69,70)74-48-55(62)47-73-79(67,68)75-51-56(49-71-58(63)43-37-29-14-12-8-2)78-61(66)46-40-34-28-27-31-36-42-54(6)10-4/h53-57,62H,7-52H2,1-6H3,(H,67,68)(H,69,70)/t53?,54?,55-,56+,57+/m0/s1. The van der Waals surface area contributed by atoms with E-state index in [1.165, 1.54) is 109 Å². The Morgan fingerprint density at radius 2 is 0.600 bits per heavy atom. The van der Waals surface area contributed by atoms with Gasteiger partial charge in [-0.25, -0.2) is 9.13 Å². The highest BCUT2D eigenvalue weighted by Gasteiger charge is 2.30. The van der Waals surface area contributed by atoms with Gasteiger partial charge in [-0.15, -0.1) is 0 Å². The highest BCUT2D eigenvalue weighted by atomic mass is 31.2. The number of unbranched alkanes of at least 4 members (excludes halogenated alkanes) is 28. The minimum Gasteiger partial charge on any atom is -0.462 e. The zero-order valence-corrected chi connectivity index (χ0v) is 53.2. The van der Waals surface area contributed by atoms with Crippen LogP contribution in [0, 0.1) is 11.8 Å². The van der Waals surface area contributed by atoms with Gasteiger partial charge in [-0.05, 0) is 37.5 Å². The van der Waals surface area contributed by atoms with Gasteiger partial charge in [0.1, 0.15) is 19.3 Å². The summed E-state index contributed by atoms with van der Waals surface area (Å²) in [5, 5.41) is 10.5. The third kappa shape index (κ3) is 52.8. The Balaban J connectivity index is 5.19. The molecule has 3 N–H and O–H groups in total. The lowest BCUT2D eigenvalue weighted by Crippen LogP contribution is -2.30. The Hall–Kier alpha value is -1.94. The maximum absolute atomic E-state index is 12.9. The number of esters is 4. The summed E-state index contributed by atoms with van der Waals surface area (Å²) in [7, 11) is -9.87. The van der Waals surface area contributed by atoms with Crippen LogP contribution in [0.25, 0.3) is 0 Å². The fourth-order valence-electron chi connectivity index (χ4n) is 8.94. The molecule has 0 heterocycles. The molecule has 474 valence electrons. The SMILES string of the molecule is CCCCCCCCCCCCCC(=O)OC[C@H](COP(=O)(O)OC[C@@H](O)COP(=O)(O)OC[C@@H](COC(=O)CCCCCCC)OC(=O)CCCCCCCCC(C)CC)OC(=O)CCCCCCCCCCCCC(C)CC. The van der Waals surface area contributed by atoms with E-state index in [0.717, 1.165) is 108 Å². The summed E-state index contributed by atoms with van der Waals surface area (Å²) in [5.41, 5.74) is 0. The number of rotatable bonds is 60. The topological polar surface area (TPSA) is 237 Å². The minimum atomic E-state index is -4.94. The number of aliphatic hydroxyl groups is 1. The van der Waals surface area contributed by atoms with Crippen molar-refractivity contribution in [3.63, 3.8) is 0 Å². The highest BCUT2D eigenvalue weighted by Crippen LogP contribution is 2.45. The van der Waals surface area contributed by atoms with Crippen LogP contribution in [0.2, 0.25) is 0 Å². The Morgan fingerprint density at radius 3 is 0.887 bits per heavy atom. The van der Waals surface area contributed by atoms with E-state index >= 15 is 0 Å². The highest BCUT2D eigenvalue weighted by molar-refractivity contribution is 7.47. The number of phosphoric acid groups is 2. The van der Waals surface area contributed by atoms with Gasteiger partial charge in [0.25, 0.3) is 0 Å². The molecule has 7 atom stereocenters. The fourth-order valence-corrected chi connectivity index (χ4v) is 10.5. The molecular weight excluding hydrogens is 1070 g/mol. The summed E-state index contributed by atoms with van der Waals surface area (Å²) < 4.78 is 67.7. The first kappa shape index (κ1) is 78.1. The van der Waals surface area contributed by atoms with Crippen molar-refractivity contribution in [1.82, 2.24) is 0 Å². The van der Waals surface area contributed by atoms with E-state index in [-0.39, 0.29) is 25.7 Å². The van der Waals surface area contributed by atoms with Crippen molar-refractivity contribution in [2.75, 3.05) is 39.6 Å². The minimum absolute atomic E-state index is 0.102. The van der Waals surface area contributed by atoms with Crippen LogP contribution in [0.4, 0.5) is 0 Å². The summed E-state index contributed by atoms with van der Waals surface area (Å²) in [6.45, 7) is 9.35. The number of carbonyl (C=O) groups excluding carboxylic acids is 4. The molecule has 0 bridgehead atoms. The van der Waals surface area contributed by atoms with Crippen LogP contribution in [-0.4, -0.2) is 96.7 Å². The predicted molar refractivity (Wildman–Crippen MR) is 317 cm³/mol. The second kappa shape index (κ2) is 53.8. The van der Waals surface area contributed by atoms with Crippen molar-refractivity contribution in [2.24, 2.45) is 11.8 Å². The zero-order chi connectivity index (χ0) is 59.4. The number of phosphoric ester groups is 2. The summed E-state index contributed by atoms with van der Waals surface area (Å²) in [6, 6.07) is 0. The van der Waals surface area contributed by atoms with Gasteiger partial charge in [0.15, 0.2) is 12.2 Å². The van der Waals surface area contributed by atoms with Gasteiger partial charge in [0, 0.05) is 25.7 Å². The molecule has 4 unspecified atom stereocenters. The Morgan fingerprint density at radius 1 is 0.350 bits per heavy atom. The molecule has 0 rings (SSSR count). The number of ether oxygens (including phenoxy) is 4. The van der Waals surface area contributed by atoms with E-state index in [2.05, 4.69) is 41.5 Å². The molecule has 0 saturated heterocycles. The molecule has 0 aliphatic carbocycles. The van der Waals surface area contributed by atoms with Gasteiger partial charge in [0.05, 0.1) is 26.4 Å². The van der Waals surface area contributed by atoms with Crippen molar-refractivity contribution in [1.29, 1.82) is 0 Å². The third-order valence-corrected chi connectivity index (χ3v) is 16.6. The van der Waals surface area contributed by atoms with E-state index < -0.39 is 97.5 Å². The van der Waals surface area contributed by atoms with Gasteiger partial charge >= 0.3 is 39.5 Å². The van der Waals surface area contributed by atoms with Crippen LogP contribution in [0.3, 0.4) is 0 Å². The van der Waals surface area contributed by atoms with Crippen LogP contribution in [-0.2, 0) is 65.4 Å². The van der Waals surface area contributed by atoms with Crippen molar-refractivity contribution in [2.45, 2.75) is 317 Å². The van der Waals surface area contributed by atoms with Crippen molar-refractivity contribution in [3.8, 4) is 0 Å². The maximum Gasteiger partial charge on any atom is 0.472 e. The number of carbonyl (C=O) groups is 4. The lowest BCUT2D eigenvalue weighted by atomic mass is 9.99. The van der Waals surface area contributed by atoms with Gasteiger partial charge in [0.2, 0.25) is 0 Å². The Bertz CT molecular complexity index is 1590. The molecule has 0 aromatic heterocycles. The molecule has 0 fully saturated rings. The number of hydrogen-bond donors (Lipinski definition) is 3. The summed E-state index contributed by atoms with van der Waals surface area (Å²) in [6.07, 6.45) is 35.1. The quantitative estimate of drug-likeness (QED) is 0.0222. The van der Waals surface area contributed by atoms with E-state index in [4.69, 9.17) is 37.0 Å². The van der Waals surface area contributed by atoms with Crippen molar-refractivity contribution < 1.29 is 80.2 Å². The molecule has 0 aliphatic heterocycles. The van der Waals surface area contributed by atoms with Crippen LogP contribution in [0.5, 0.6) is 0 Å². The van der Waals surface area contributed by atoms with Gasteiger partial charge in [-0.3, -0.25) is 37.3 Å². The summed E-state index contributed by atoms with van der Waals surface area (Å²) in [5.74, 6) is -0.627. The number of hydrogen-bond acceptors (Lipinski definition) is 15. The average Bonchev–Trinajstić information content (AvgIpc) is 3.43. The van der Waals surface area contributed by atoms with Crippen LogP contribution in [0.15, 0.2) is 0 Å². The molecule has 0 aromatic carbocycles. The first-order chi connectivity index (χ1) is 38.4. The smallest absolute Gasteiger partial charge is 0.462 e. The summed E-state index contributed by atoms with van der Waals surface area (Å²) >= 11 is 0. The summed E-state index contributed by atoms with van der Waals surface area (Å²) in [4.78, 5) is 71.8. The Kier molecular flexibility index (Phi) is 52.5. The van der Waals surface area contributed by atoms with E-state index in [0.29, 0.717) is 25.7 Å². The Labute approximate surface area is 486 Å². The second-order valence-corrected chi connectivity index (χ2v) is 25.5. The number of aliphatic hydroxyl groups excluding tert-OH is 1. The average molecular weight is 1190 g/mol. The predicted octanol–water partition coefficient (Wildman–Crippen LogP) is 16.5. The molecule has 0 saturated carbocycles. The molecule has 0 aliphatic rings. The van der Waals surface area contributed by atoms with Gasteiger partial charge < -0.3 is 33.8 Å². The molecule has 0 aromatic rings. The molecule has 19 heteroatoms. The normalized spacial score (nSPS) is 15.1. The van der Waals surface area contributed by atoms with Crippen molar-refractivity contribution in [3.05, 3.63) is 0 Å². The second-order valence-electron chi connectivity index (χ2n) is 22.6. The van der Waals surface area contributed by atoms with Crippen LogP contribution in [0.1, 0.15) is 298 Å². The lowest BCUT2D eigenvalue weighted by molar-refractivity contribution is -0.161. The van der Waals surface area contributed by atoms with Crippen molar-refractivity contribution >= 4 is 39.5 Å². The molecular formula is C61H118O17P2. The molecule has 17 nitrogen and oxygen atoms in total. The maximum atomic E-state index is 12.9. The van der Waals surface area contributed by atoms with Crippen LogP contribution >= 0.6 is 15.6 Å². The first-order valence-electron chi connectivity index (χ1n) is 32.1. The van der Waals surface area contributed by atoms with E-state index in [9.17, 15) is 43.2 Å². The molecule has 0 amide bonds. The molecule has 0 radical (unpaired) electrons. The van der Waals surface area contributed by atoms with Gasteiger partial charge in [-0.2, -0.15) is 0 Å². The van der Waals surface area contributed by atoms with Gasteiger partial charge in [-0.1, -0.05) is 247 Å². The largest absolute Gasteiger partial charge is 0.472 e. The fraction of sp³-hybridized carbons (Fsp3) is 0.934. The van der Waals surface area contributed by atoms with E-state index in [1.54, 1.807) is 0 Å². The third-order valence-electron chi connectivity index (χ3n) is 14.7. The molecule has 0 spiro atoms. The van der Waals surface area contributed by atoms with E-state index in [1.807, 2.05) is 0 Å².